The molecule has 0 unspecified atom stereocenters. The smallest absolute Gasteiger partial charge is 0.227 e. The van der Waals surface area contributed by atoms with Gasteiger partial charge in [0.15, 0.2) is 5.79 Å². The van der Waals surface area contributed by atoms with Gasteiger partial charge in [0.2, 0.25) is 5.91 Å². The lowest BCUT2D eigenvalue weighted by Crippen LogP contribution is -2.40. The summed E-state index contributed by atoms with van der Waals surface area (Å²) in [7, 11) is 0. The average Bonchev–Trinajstić information content (AvgIpc) is 2.69. The first-order valence-corrected chi connectivity index (χ1v) is 5.87. The van der Waals surface area contributed by atoms with Gasteiger partial charge in [0, 0.05) is 6.42 Å². The van der Waals surface area contributed by atoms with Crippen LogP contribution in [-0.4, -0.2) is 41.4 Å². The Morgan fingerprint density at radius 3 is 2.76 bits per heavy atom. The second-order valence-electron chi connectivity index (χ2n) is 4.90. The van der Waals surface area contributed by atoms with Crippen LogP contribution in [0, 0.1) is 0 Å². The number of likely N-dealkylation sites (tertiary alicyclic amines) is 1. The van der Waals surface area contributed by atoms with E-state index < -0.39 is 5.79 Å². The monoisotopic (exact) mass is 237 g/mol. The second-order valence-corrected chi connectivity index (χ2v) is 4.90. The fraction of sp³-hybridized carbons (Fsp3) is 0.615. The predicted molar refractivity (Wildman–Crippen MR) is 64.3 cm³/mol. The third-order valence-corrected chi connectivity index (χ3v) is 3.18. The quantitative estimate of drug-likeness (QED) is 0.698. The number of hydrogen-bond acceptors (Lipinski definition) is 3. The fourth-order valence-electron chi connectivity index (χ4n) is 2.56. The maximum absolute atomic E-state index is 11.9. The lowest BCUT2D eigenvalue weighted by atomic mass is 10.1. The third-order valence-electron chi connectivity index (χ3n) is 3.18. The van der Waals surface area contributed by atoms with E-state index in [1.807, 2.05) is 13.8 Å². The molecule has 0 saturated carbocycles. The molecule has 4 nitrogen and oxygen atoms in total. The van der Waals surface area contributed by atoms with Gasteiger partial charge in [-0.15, -0.1) is 13.2 Å². The fourth-order valence-corrected chi connectivity index (χ4v) is 2.56. The standard InChI is InChI=1S/C13H19NO3/c1-5-7-11(15)14-8-10-12(9(14)6-2)17-13(3,4)16-10/h5-6,9-10,12H,1-2,7-8H2,3-4H3/t9-,10-,12+/m1/s1. The summed E-state index contributed by atoms with van der Waals surface area (Å²) in [5, 5.41) is 0. The number of fused-ring (bicyclic) bond motifs is 1. The molecule has 0 radical (unpaired) electrons. The molecule has 17 heavy (non-hydrogen) atoms. The highest BCUT2D eigenvalue weighted by Gasteiger charge is 2.52. The molecular formula is C13H19NO3. The van der Waals surface area contributed by atoms with E-state index in [1.54, 1.807) is 17.1 Å². The molecule has 94 valence electrons. The molecule has 2 rings (SSSR count). The first-order chi connectivity index (χ1) is 7.98. The van der Waals surface area contributed by atoms with Gasteiger partial charge in [-0.25, -0.2) is 0 Å². The molecule has 4 heteroatoms. The molecule has 3 atom stereocenters. The van der Waals surface area contributed by atoms with Gasteiger partial charge in [0.05, 0.1) is 12.6 Å². The van der Waals surface area contributed by atoms with Gasteiger partial charge >= 0.3 is 0 Å². The minimum absolute atomic E-state index is 0.0457. The molecule has 1 amide bonds. The topological polar surface area (TPSA) is 38.8 Å². The van der Waals surface area contributed by atoms with Gasteiger partial charge in [-0.2, -0.15) is 0 Å². The minimum Gasteiger partial charge on any atom is -0.343 e. The van der Waals surface area contributed by atoms with Crippen molar-refractivity contribution in [2.45, 2.75) is 44.3 Å². The van der Waals surface area contributed by atoms with Crippen LogP contribution in [0.5, 0.6) is 0 Å². The van der Waals surface area contributed by atoms with Crippen molar-refractivity contribution in [1.29, 1.82) is 0 Å². The summed E-state index contributed by atoms with van der Waals surface area (Å²) in [6, 6.07) is -0.103. The summed E-state index contributed by atoms with van der Waals surface area (Å²) in [5.41, 5.74) is 0. The molecule has 2 aliphatic heterocycles. The van der Waals surface area contributed by atoms with Gasteiger partial charge in [-0.05, 0) is 13.8 Å². The molecule has 2 saturated heterocycles. The van der Waals surface area contributed by atoms with E-state index >= 15 is 0 Å². The summed E-state index contributed by atoms with van der Waals surface area (Å²) >= 11 is 0. The Labute approximate surface area is 102 Å². The molecule has 2 fully saturated rings. The van der Waals surface area contributed by atoms with Crippen LogP contribution in [0.25, 0.3) is 0 Å². The predicted octanol–water partition coefficient (Wildman–Crippen LogP) is 1.48. The highest BCUT2D eigenvalue weighted by molar-refractivity contribution is 5.78. The Morgan fingerprint density at radius 2 is 2.18 bits per heavy atom. The van der Waals surface area contributed by atoms with E-state index in [4.69, 9.17) is 9.47 Å². The van der Waals surface area contributed by atoms with Crippen LogP contribution in [0.2, 0.25) is 0 Å². The van der Waals surface area contributed by atoms with Gasteiger partial charge < -0.3 is 14.4 Å². The van der Waals surface area contributed by atoms with Crippen LogP contribution in [0.15, 0.2) is 25.3 Å². The van der Waals surface area contributed by atoms with Gasteiger partial charge in [-0.3, -0.25) is 4.79 Å². The van der Waals surface area contributed by atoms with Crippen molar-refractivity contribution >= 4 is 5.91 Å². The summed E-state index contributed by atoms with van der Waals surface area (Å²) in [4.78, 5) is 13.7. The maximum atomic E-state index is 11.9. The van der Waals surface area contributed by atoms with E-state index in [9.17, 15) is 4.79 Å². The Bertz CT molecular complexity index is 351. The van der Waals surface area contributed by atoms with Crippen molar-refractivity contribution in [2.24, 2.45) is 0 Å². The van der Waals surface area contributed by atoms with Crippen molar-refractivity contribution in [2.75, 3.05) is 6.54 Å². The molecule has 0 spiro atoms. The zero-order valence-corrected chi connectivity index (χ0v) is 10.4. The van der Waals surface area contributed by atoms with Crippen molar-refractivity contribution < 1.29 is 14.3 Å². The van der Waals surface area contributed by atoms with E-state index in [0.29, 0.717) is 13.0 Å². The van der Waals surface area contributed by atoms with Gasteiger partial charge in [-0.1, -0.05) is 12.2 Å². The summed E-state index contributed by atoms with van der Waals surface area (Å²) in [6.07, 6.45) is 3.56. The van der Waals surface area contributed by atoms with Crippen LogP contribution in [0.1, 0.15) is 20.3 Å². The van der Waals surface area contributed by atoms with Crippen LogP contribution < -0.4 is 0 Å². The van der Waals surface area contributed by atoms with Crippen molar-refractivity contribution in [3.63, 3.8) is 0 Å². The molecule has 0 bridgehead atoms. The van der Waals surface area contributed by atoms with E-state index in [2.05, 4.69) is 13.2 Å². The van der Waals surface area contributed by atoms with E-state index in [1.165, 1.54) is 0 Å². The lowest BCUT2D eigenvalue weighted by Gasteiger charge is -2.27. The molecular weight excluding hydrogens is 218 g/mol. The maximum Gasteiger partial charge on any atom is 0.227 e. The Morgan fingerprint density at radius 1 is 1.47 bits per heavy atom. The summed E-state index contributed by atoms with van der Waals surface area (Å²) in [6.45, 7) is 11.7. The Hall–Kier alpha value is -1.13. The van der Waals surface area contributed by atoms with Crippen molar-refractivity contribution in [3.8, 4) is 0 Å². The highest BCUT2D eigenvalue weighted by atomic mass is 16.8. The van der Waals surface area contributed by atoms with Crippen LogP contribution in [0.4, 0.5) is 0 Å². The third kappa shape index (κ3) is 2.15. The second kappa shape index (κ2) is 4.27. The average molecular weight is 237 g/mol. The van der Waals surface area contributed by atoms with Crippen molar-refractivity contribution in [1.82, 2.24) is 4.90 Å². The number of ether oxygens (including phenoxy) is 2. The minimum atomic E-state index is -0.565. The summed E-state index contributed by atoms with van der Waals surface area (Å²) < 4.78 is 11.6. The first-order valence-electron chi connectivity index (χ1n) is 5.87. The Balaban J connectivity index is 2.13. The SMILES string of the molecule is C=CCC(=O)N1C[C@H]2OC(C)(C)O[C@H]2[C@H]1C=C. The largest absolute Gasteiger partial charge is 0.343 e. The van der Waals surface area contributed by atoms with Gasteiger partial charge in [0.25, 0.3) is 0 Å². The highest BCUT2D eigenvalue weighted by Crippen LogP contribution is 2.37. The van der Waals surface area contributed by atoms with Crippen LogP contribution in [0.3, 0.4) is 0 Å². The van der Waals surface area contributed by atoms with E-state index in [-0.39, 0.29) is 24.2 Å². The number of nitrogens with zero attached hydrogens (tertiary/aromatic N) is 1. The molecule has 0 aromatic rings. The first kappa shape index (κ1) is 12.3. The number of carbonyl (C=O) groups excluding carboxylic acids is 1. The number of carbonyl (C=O) groups is 1. The molecule has 2 heterocycles. The zero-order chi connectivity index (χ0) is 12.6. The number of rotatable bonds is 3. The number of hydrogen-bond donors (Lipinski definition) is 0. The molecule has 2 aliphatic rings. The summed E-state index contributed by atoms with van der Waals surface area (Å²) in [5.74, 6) is -0.520. The zero-order valence-electron chi connectivity index (χ0n) is 10.4. The lowest BCUT2D eigenvalue weighted by molar-refractivity contribution is -0.164. The van der Waals surface area contributed by atoms with Gasteiger partial charge in [0.1, 0.15) is 12.2 Å². The van der Waals surface area contributed by atoms with Crippen LogP contribution in [-0.2, 0) is 14.3 Å². The number of amides is 1. The normalized spacial score (nSPS) is 34.5. The van der Waals surface area contributed by atoms with E-state index in [0.717, 1.165) is 0 Å². The van der Waals surface area contributed by atoms with Crippen molar-refractivity contribution in [3.05, 3.63) is 25.3 Å². The molecule has 0 aromatic heterocycles. The Kier molecular flexibility index (Phi) is 3.10. The van der Waals surface area contributed by atoms with Crippen LogP contribution >= 0.6 is 0 Å². The molecule has 0 aliphatic carbocycles. The molecule has 0 N–H and O–H groups in total. The molecule has 0 aromatic carbocycles.